The average molecular weight is 234 g/mol. The smallest absolute Gasteiger partial charge is 0.231 e. The van der Waals surface area contributed by atoms with Crippen LogP contribution in [0, 0.1) is 0 Å². The summed E-state index contributed by atoms with van der Waals surface area (Å²) in [5, 5.41) is 8.78. The van der Waals surface area contributed by atoms with Gasteiger partial charge < -0.3 is 15.7 Å². The number of anilines is 1. The van der Waals surface area contributed by atoms with Crippen molar-refractivity contribution < 1.29 is 9.90 Å². The lowest BCUT2D eigenvalue weighted by atomic mass is 10.00. The molecule has 1 atom stereocenters. The Labute approximate surface area is 101 Å². The van der Waals surface area contributed by atoms with Crippen molar-refractivity contribution in [3.63, 3.8) is 0 Å². The number of benzene rings is 1. The maximum Gasteiger partial charge on any atom is 0.231 e. The highest BCUT2D eigenvalue weighted by molar-refractivity contribution is 6.00. The molecule has 1 amide bonds. The predicted octanol–water partition coefficient (Wildman–Crippen LogP) is 0.978. The van der Waals surface area contributed by atoms with Gasteiger partial charge in [-0.15, -0.1) is 0 Å². The zero-order valence-corrected chi connectivity index (χ0v) is 10.0. The van der Waals surface area contributed by atoms with Crippen LogP contribution in [0.5, 0.6) is 0 Å². The standard InChI is InChI=1S/C13H18N2O2/c1-15-12-5-4-9(11(14)3-2-6-16)7-10(12)8-13(15)17/h4-5,7,11,16H,2-3,6,8,14H2,1H3. The summed E-state index contributed by atoms with van der Waals surface area (Å²) in [6.07, 6.45) is 1.93. The van der Waals surface area contributed by atoms with E-state index in [1.165, 1.54) is 0 Å². The van der Waals surface area contributed by atoms with Crippen LogP contribution in [0.1, 0.15) is 30.0 Å². The van der Waals surface area contributed by atoms with Crippen LogP contribution in [-0.4, -0.2) is 24.7 Å². The minimum absolute atomic E-state index is 0.0616. The SMILES string of the molecule is CN1C(=O)Cc2cc(C(N)CCCO)ccc21. The molecule has 0 saturated carbocycles. The summed E-state index contributed by atoms with van der Waals surface area (Å²) in [5.41, 5.74) is 9.11. The van der Waals surface area contributed by atoms with E-state index in [0.717, 1.165) is 23.2 Å². The number of hydrogen-bond donors (Lipinski definition) is 2. The van der Waals surface area contributed by atoms with Gasteiger partial charge in [-0.05, 0) is 30.0 Å². The Morgan fingerprint density at radius 3 is 3.00 bits per heavy atom. The molecule has 0 saturated heterocycles. The Kier molecular flexibility index (Phi) is 3.45. The lowest BCUT2D eigenvalue weighted by molar-refractivity contribution is -0.117. The number of carbonyl (C=O) groups excluding carboxylic acids is 1. The Morgan fingerprint density at radius 1 is 1.53 bits per heavy atom. The second-order valence-corrected chi connectivity index (χ2v) is 4.49. The molecule has 1 aromatic rings. The van der Waals surface area contributed by atoms with Crippen molar-refractivity contribution in [3.8, 4) is 0 Å². The van der Waals surface area contributed by atoms with Gasteiger partial charge in [0.25, 0.3) is 0 Å². The topological polar surface area (TPSA) is 66.6 Å². The quantitative estimate of drug-likeness (QED) is 0.816. The van der Waals surface area contributed by atoms with Crippen molar-refractivity contribution in [2.75, 3.05) is 18.6 Å². The third-order valence-corrected chi connectivity index (χ3v) is 3.28. The van der Waals surface area contributed by atoms with Crippen molar-refractivity contribution >= 4 is 11.6 Å². The van der Waals surface area contributed by atoms with Gasteiger partial charge in [0.05, 0.1) is 6.42 Å². The maximum atomic E-state index is 11.5. The summed E-state index contributed by atoms with van der Waals surface area (Å²) in [6.45, 7) is 0.167. The molecule has 0 aliphatic carbocycles. The average Bonchev–Trinajstić information content (AvgIpc) is 2.61. The fourth-order valence-corrected chi connectivity index (χ4v) is 2.20. The summed E-state index contributed by atoms with van der Waals surface area (Å²) in [7, 11) is 1.79. The molecule has 4 heteroatoms. The highest BCUT2D eigenvalue weighted by Crippen LogP contribution is 2.30. The van der Waals surface area contributed by atoms with Gasteiger partial charge in [-0.1, -0.05) is 12.1 Å². The van der Waals surface area contributed by atoms with E-state index in [4.69, 9.17) is 10.8 Å². The first-order chi connectivity index (χ1) is 8.13. The van der Waals surface area contributed by atoms with Crippen LogP contribution in [0.3, 0.4) is 0 Å². The van der Waals surface area contributed by atoms with Gasteiger partial charge in [0, 0.05) is 25.4 Å². The highest BCUT2D eigenvalue weighted by Gasteiger charge is 2.24. The van der Waals surface area contributed by atoms with Crippen molar-refractivity contribution in [2.24, 2.45) is 5.73 Å². The molecule has 1 aliphatic heterocycles. The van der Waals surface area contributed by atoms with Gasteiger partial charge in [-0.25, -0.2) is 0 Å². The zero-order chi connectivity index (χ0) is 12.4. The summed E-state index contributed by atoms with van der Waals surface area (Å²) >= 11 is 0. The summed E-state index contributed by atoms with van der Waals surface area (Å²) in [4.78, 5) is 13.2. The molecule has 4 nitrogen and oxygen atoms in total. The van der Waals surface area contributed by atoms with E-state index >= 15 is 0 Å². The number of nitrogens with zero attached hydrogens (tertiary/aromatic N) is 1. The van der Waals surface area contributed by atoms with Crippen LogP contribution < -0.4 is 10.6 Å². The number of rotatable bonds is 4. The molecule has 3 N–H and O–H groups in total. The van der Waals surface area contributed by atoms with E-state index in [1.807, 2.05) is 18.2 Å². The second kappa shape index (κ2) is 4.85. The van der Waals surface area contributed by atoms with Gasteiger partial charge in [0.1, 0.15) is 0 Å². The number of aliphatic hydroxyl groups excluding tert-OH is 1. The van der Waals surface area contributed by atoms with Crippen molar-refractivity contribution in [2.45, 2.75) is 25.3 Å². The molecule has 0 spiro atoms. The van der Waals surface area contributed by atoms with E-state index in [2.05, 4.69) is 0 Å². The minimum atomic E-state index is -0.0616. The second-order valence-electron chi connectivity index (χ2n) is 4.49. The monoisotopic (exact) mass is 234 g/mol. The Morgan fingerprint density at radius 2 is 2.29 bits per heavy atom. The lowest BCUT2D eigenvalue weighted by Gasteiger charge is -2.14. The van der Waals surface area contributed by atoms with E-state index in [9.17, 15) is 4.79 Å². The molecule has 1 unspecified atom stereocenters. The number of fused-ring (bicyclic) bond motifs is 1. The number of hydrogen-bond acceptors (Lipinski definition) is 3. The maximum absolute atomic E-state index is 11.5. The van der Waals surface area contributed by atoms with Crippen molar-refractivity contribution in [1.29, 1.82) is 0 Å². The molecule has 1 heterocycles. The molecule has 92 valence electrons. The summed E-state index contributed by atoms with van der Waals surface area (Å²) in [6, 6.07) is 5.87. The number of aliphatic hydroxyl groups is 1. The van der Waals surface area contributed by atoms with Crippen molar-refractivity contribution in [3.05, 3.63) is 29.3 Å². The van der Waals surface area contributed by atoms with Crippen LogP contribution in [0.25, 0.3) is 0 Å². The third kappa shape index (κ3) is 2.33. The number of amides is 1. The number of carbonyl (C=O) groups is 1. The van der Waals surface area contributed by atoms with Crippen LogP contribution in [0.2, 0.25) is 0 Å². The molecular formula is C13H18N2O2. The highest BCUT2D eigenvalue weighted by atomic mass is 16.2. The first-order valence-corrected chi connectivity index (χ1v) is 5.89. The third-order valence-electron chi connectivity index (χ3n) is 3.28. The molecule has 1 aliphatic rings. The minimum Gasteiger partial charge on any atom is -0.396 e. The van der Waals surface area contributed by atoms with Crippen LogP contribution in [0.4, 0.5) is 5.69 Å². The van der Waals surface area contributed by atoms with Gasteiger partial charge >= 0.3 is 0 Å². The fraction of sp³-hybridized carbons (Fsp3) is 0.462. The van der Waals surface area contributed by atoms with Crippen LogP contribution >= 0.6 is 0 Å². The summed E-state index contributed by atoms with van der Waals surface area (Å²) in [5.74, 6) is 0.126. The molecule has 0 bridgehead atoms. The Bertz CT molecular complexity index is 431. The summed E-state index contributed by atoms with van der Waals surface area (Å²) < 4.78 is 0. The lowest BCUT2D eigenvalue weighted by Crippen LogP contribution is -2.20. The van der Waals surface area contributed by atoms with Gasteiger partial charge in [0.15, 0.2) is 0 Å². The zero-order valence-electron chi connectivity index (χ0n) is 10.0. The van der Waals surface area contributed by atoms with Gasteiger partial charge in [-0.2, -0.15) is 0 Å². The Balaban J connectivity index is 2.18. The van der Waals surface area contributed by atoms with Gasteiger partial charge in [-0.3, -0.25) is 4.79 Å². The van der Waals surface area contributed by atoms with E-state index in [0.29, 0.717) is 12.8 Å². The van der Waals surface area contributed by atoms with E-state index in [-0.39, 0.29) is 18.6 Å². The molecule has 1 aromatic carbocycles. The molecular weight excluding hydrogens is 216 g/mol. The number of likely N-dealkylation sites (N-methyl/N-ethyl adjacent to an activating group) is 1. The van der Waals surface area contributed by atoms with E-state index < -0.39 is 0 Å². The first kappa shape index (κ1) is 12.1. The number of nitrogens with two attached hydrogens (primary N) is 1. The van der Waals surface area contributed by atoms with Crippen LogP contribution in [-0.2, 0) is 11.2 Å². The van der Waals surface area contributed by atoms with Crippen LogP contribution in [0.15, 0.2) is 18.2 Å². The largest absolute Gasteiger partial charge is 0.396 e. The fourth-order valence-electron chi connectivity index (χ4n) is 2.20. The predicted molar refractivity (Wildman–Crippen MR) is 66.8 cm³/mol. The normalized spacial score (nSPS) is 16.2. The molecule has 17 heavy (non-hydrogen) atoms. The molecule has 0 aromatic heterocycles. The molecule has 0 radical (unpaired) electrons. The van der Waals surface area contributed by atoms with Crippen molar-refractivity contribution in [1.82, 2.24) is 0 Å². The molecule has 0 fully saturated rings. The van der Waals surface area contributed by atoms with Gasteiger partial charge in [0.2, 0.25) is 5.91 Å². The Hall–Kier alpha value is -1.39. The first-order valence-electron chi connectivity index (χ1n) is 5.89. The molecule has 2 rings (SSSR count). The van der Waals surface area contributed by atoms with E-state index in [1.54, 1.807) is 11.9 Å².